The first-order valence-corrected chi connectivity index (χ1v) is 10.4. The van der Waals surface area contributed by atoms with Crippen LogP contribution in [-0.2, 0) is 26.0 Å². The van der Waals surface area contributed by atoms with Crippen LogP contribution in [0, 0.1) is 0 Å². The van der Waals surface area contributed by atoms with Crippen molar-refractivity contribution in [2.75, 3.05) is 12.3 Å². The number of aromatic nitrogens is 1. The summed E-state index contributed by atoms with van der Waals surface area (Å²) in [6, 6.07) is 5.04. The van der Waals surface area contributed by atoms with Crippen LogP contribution in [-0.4, -0.2) is 43.2 Å². The van der Waals surface area contributed by atoms with E-state index >= 15 is 0 Å². The summed E-state index contributed by atoms with van der Waals surface area (Å²) in [6.45, 7) is 5.32. The maximum Gasteiger partial charge on any atom is 0.338 e. The molecule has 2 aromatic rings. The van der Waals surface area contributed by atoms with E-state index in [1.807, 2.05) is 0 Å². The number of carbonyl (C=O) groups excluding carboxylic acids is 2. The number of nitrogens with one attached hydrogen (secondary N) is 1. The second-order valence-corrected chi connectivity index (χ2v) is 9.53. The number of sulfonamides is 1. The van der Waals surface area contributed by atoms with Crippen LogP contribution < -0.4 is 10.5 Å². The fourth-order valence-corrected chi connectivity index (χ4v) is 3.38. The van der Waals surface area contributed by atoms with Crippen LogP contribution in [0.15, 0.2) is 18.2 Å². The predicted molar refractivity (Wildman–Crippen MR) is 99.5 cm³/mol. The van der Waals surface area contributed by atoms with E-state index in [0.29, 0.717) is 16.1 Å². The molecule has 3 N–H and O–H groups in total. The Morgan fingerprint density at radius 3 is 2.62 bits per heavy atom. The number of hydrogen-bond acceptors (Lipinski definition) is 7. The van der Waals surface area contributed by atoms with Crippen molar-refractivity contribution in [3.8, 4) is 0 Å². The van der Waals surface area contributed by atoms with Crippen LogP contribution in [0.4, 0.5) is 0 Å². The number of fused-ring (bicyclic) bond motifs is 1. The molecule has 0 aliphatic rings. The molecule has 2 rings (SSSR count). The molecule has 26 heavy (non-hydrogen) atoms. The second-order valence-electron chi connectivity index (χ2n) is 6.69. The Morgan fingerprint density at radius 2 is 2.00 bits per heavy atom. The highest BCUT2D eigenvalue weighted by Crippen LogP contribution is 2.24. The Hall–Kier alpha value is -2.04. The van der Waals surface area contributed by atoms with Gasteiger partial charge in [-0.3, -0.25) is 4.79 Å². The summed E-state index contributed by atoms with van der Waals surface area (Å²) in [5, 5.41) is 7.92. The van der Waals surface area contributed by atoms with Gasteiger partial charge in [0.25, 0.3) is 0 Å². The van der Waals surface area contributed by atoms with E-state index in [4.69, 9.17) is 9.88 Å². The average Bonchev–Trinajstić information content (AvgIpc) is 2.84. The highest BCUT2D eigenvalue weighted by molar-refractivity contribution is 7.89. The van der Waals surface area contributed by atoms with Crippen molar-refractivity contribution in [3.63, 3.8) is 0 Å². The fourth-order valence-electron chi connectivity index (χ4n) is 2.05. The molecular formula is C16H21N3O5S2. The molecule has 0 fully saturated rings. The van der Waals surface area contributed by atoms with Gasteiger partial charge in [-0.1, -0.05) is 0 Å². The number of ether oxygens (including phenoxy) is 1. The lowest BCUT2D eigenvalue weighted by Crippen LogP contribution is -2.32. The monoisotopic (exact) mass is 399 g/mol. The number of primary sulfonamides is 1. The van der Waals surface area contributed by atoms with Gasteiger partial charge in [-0.05, 0) is 39.0 Å². The van der Waals surface area contributed by atoms with Gasteiger partial charge in [0.05, 0.1) is 28.0 Å². The van der Waals surface area contributed by atoms with Crippen LogP contribution in [0.2, 0.25) is 0 Å². The number of nitrogens with two attached hydrogens (primary N) is 1. The molecule has 0 unspecified atom stereocenters. The van der Waals surface area contributed by atoms with E-state index in [2.05, 4.69) is 10.3 Å². The third-order valence-electron chi connectivity index (χ3n) is 3.09. The van der Waals surface area contributed by atoms with Crippen molar-refractivity contribution >= 4 is 43.5 Å². The molecule has 0 saturated heterocycles. The van der Waals surface area contributed by atoms with Crippen LogP contribution in [0.25, 0.3) is 10.2 Å². The van der Waals surface area contributed by atoms with Crippen molar-refractivity contribution in [1.29, 1.82) is 0 Å². The molecule has 1 heterocycles. The SMILES string of the molecule is CC(C)(C)OC(=O)c1ccc2sc(CC(=O)NCCS(N)(=O)=O)nc2c1. The highest BCUT2D eigenvalue weighted by Gasteiger charge is 2.19. The zero-order chi connectivity index (χ0) is 19.5. The molecule has 1 aromatic carbocycles. The lowest BCUT2D eigenvalue weighted by atomic mass is 10.1. The van der Waals surface area contributed by atoms with Crippen LogP contribution in [0.3, 0.4) is 0 Å². The number of esters is 1. The fraction of sp³-hybridized carbons (Fsp3) is 0.438. The Labute approximate surface area is 155 Å². The summed E-state index contributed by atoms with van der Waals surface area (Å²) in [5.74, 6) is -1.10. The standard InChI is InChI=1S/C16H21N3O5S2/c1-16(2,3)24-15(21)10-4-5-12-11(8-10)19-14(25-12)9-13(20)18-6-7-26(17,22)23/h4-5,8H,6-7,9H2,1-3H3,(H,18,20)(H2,17,22,23). The lowest BCUT2D eigenvalue weighted by Gasteiger charge is -2.19. The number of hydrogen-bond donors (Lipinski definition) is 2. The van der Waals surface area contributed by atoms with Gasteiger partial charge in [-0.25, -0.2) is 23.3 Å². The molecule has 1 amide bonds. The van der Waals surface area contributed by atoms with Gasteiger partial charge in [0, 0.05) is 6.54 Å². The zero-order valence-electron chi connectivity index (χ0n) is 14.7. The minimum absolute atomic E-state index is 0.0196. The Balaban J connectivity index is 2.04. The number of thiazole rings is 1. The molecule has 1 aromatic heterocycles. The minimum atomic E-state index is -3.61. The Morgan fingerprint density at radius 1 is 1.31 bits per heavy atom. The summed E-state index contributed by atoms with van der Waals surface area (Å²) in [6.07, 6.45) is 0.0196. The molecule has 0 saturated carbocycles. The van der Waals surface area contributed by atoms with E-state index in [9.17, 15) is 18.0 Å². The quantitative estimate of drug-likeness (QED) is 0.702. The van der Waals surface area contributed by atoms with Gasteiger partial charge >= 0.3 is 5.97 Å². The molecule has 0 radical (unpaired) electrons. The van der Waals surface area contributed by atoms with Crippen molar-refractivity contribution in [3.05, 3.63) is 28.8 Å². The van der Waals surface area contributed by atoms with Gasteiger partial charge < -0.3 is 10.1 Å². The molecule has 0 aliphatic carbocycles. The van der Waals surface area contributed by atoms with Gasteiger partial charge in [0.2, 0.25) is 15.9 Å². The molecule has 142 valence electrons. The summed E-state index contributed by atoms with van der Waals surface area (Å²) >= 11 is 1.33. The number of rotatable bonds is 6. The Kier molecular flexibility index (Phi) is 5.99. The van der Waals surface area contributed by atoms with Gasteiger partial charge in [0.1, 0.15) is 10.6 Å². The molecule has 8 nitrogen and oxygen atoms in total. The molecule has 0 aliphatic heterocycles. The zero-order valence-corrected chi connectivity index (χ0v) is 16.4. The predicted octanol–water partition coefficient (Wildman–Crippen LogP) is 1.20. The van der Waals surface area contributed by atoms with Crippen LogP contribution >= 0.6 is 11.3 Å². The van der Waals surface area contributed by atoms with E-state index in [-0.39, 0.29) is 24.6 Å². The smallest absolute Gasteiger partial charge is 0.338 e. The number of carbonyl (C=O) groups is 2. The van der Waals surface area contributed by atoms with E-state index in [1.165, 1.54) is 11.3 Å². The van der Waals surface area contributed by atoms with Gasteiger partial charge in [0.15, 0.2) is 0 Å². The second kappa shape index (κ2) is 7.68. The summed E-state index contributed by atoms with van der Waals surface area (Å²) < 4.78 is 27.8. The van der Waals surface area contributed by atoms with Crippen molar-refractivity contribution in [2.24, 2.45) is 5.14 Å². The first-order chi connectivity index (χ1) is 11.9. The lowest BCUT2D eigenvalue weighted by molar-refractivity contribution is -0.120. The summed E-state index contributed by atoms with van der Waals surface area (Å²) in [4.78, 5) is 28.3. The number of nitrogens with zero attached hydrogens (tertiary/aromatic N) is 1. The normalized spacial score (nSPS) is 12.2. The van der Waals surface area contributed by atoms with Crippen molar-refractivity contribution < 1.29 is 22.7 Å². The molecule has 0 bridgehead atoms. The van der Waals surface area contributed by atoms with Crippen molar-refractivity contribution in [1.82, 2.24) is 10.3 Å². The topological polar surface area (TPSA) is 128 Å². The highest BCUT2D eigenvalue weighted by atomic mass is 32.2. The van der Waals surface area contributed by atoms with E-state index < -0.39 is 21.6 Å². The maximum absolute atomic E-state index is 12.1. The average molecular weight is 399 g/mol. The minimum Gasteiger partial charge on any atom is -0.456 e. The van der Waals surface area contributed by atoms with Crippen LogP contribution in [0.5, 0.6) is 0 Å². The summed E-state index contributed by atoms with van der Waals surface area (Å²) in [5.41, 5.74) is 0.404. The molecule has 0 spiro atoms. The first-order valence-electron chi connectivity index (χ1n) is 7.83. The maximum atomic E-state index is 12.1. The van der Waals surface area contributed by atoms with E-state index in [1.54, 1.807) is 39.0 Å². The van der Waals surface area contributed by atoms with Gasteiger partial charge in [-0.15, -0.1) is 11.3 Å². The molecule has 10 heteroatoms. The third-order valence-corrected chi connectivity index (χ3v) is 4.90. The molecule has 0 atom stereocenters. The largest absolute Gasteiger partial charge is 0.456 e. The Bertz CT molecular complexity index is 929. The van der Waals surface area contributed by atoms with Gasteiger partial charge in [-0.2, -0.15) is 0 Å². The van der Waals surface area contributed by atoms with E-state index in [0.717, 1.165) is 4.70 Å². The molecular weight excluding hydrogens is 378 g/mol. The van der Waals surface area contributed by atoms with Crippen molar-refractivity contribution in [2.45, 2.75) is 32.8 Å². The first kappa shape index (κ1) is 20.3. The number of benzene rings is 1. The third kappa shape index (κ3) is 6.36. The summed E-state index contributed by atoms with van der Waals surface area (Å²) in [7, 11) is -3.61. The number of amides is 1. The van der Waals surface area contributed by atoms with Crippen LogP contribution in [0.1, 0.15) is 36.1 Å².